The molecule has 54 valence electrons. The van der Waals surface area contributed by atoms with Crippen molar-refractivity contribution in [2.24, 2.45) is 0 Å². The summed E-state index contributed by atoms with van der Waals surface area (Å²) in [7, 11) is -5.83. The van der Waals surface area contributed by atoms with Crippen molar-refractivity contribution in [1.29, 1.82) is 0 Å². The second kappa shape index (κ2) is 17.0. The van der Waals surface area contributed by atoms with Crippen LogP contribution in [0.4, 0.5) is 0 Å². The number of hydrogen-bond donors (Lipinski definition) is 0. The van der Waals surface area contributed by atoms with E-state index in [0.29, 0.717) is 0 Å². The van der Waals surface area contributed by atoms with E-state index in [0.717, 1.165) is 0 Å². The molecule has 10 heavy (non-hydrogen) atoms. The third-order valence-corrected chi connectivity index (χ3v) is 0. The van der Waals surface area contributed by atoms with Crippen LogP contribution >= 0.6 is 0 Å². The van der Waals surface area contributed by atoms with E-state index in [1.54, 1.807) is 0 Å². The van der Waals surface area contributed by atoms with Gasteiger partial charge in [-0.05, 0) is 0 Å². The Bertz CT molecular complexity index is 31.2. The molecule has 0 aromatic carbocycles. The summed E-state index contributed by atoms with van der Waals surface area (Å²) in [5.74, 6) is 0. The summed E-state index contributed by atoms with van der Waals surface area (Å²) in [6, 6.07) is 0. The molecule has 0 N–H and O–H groups in total. The SMILES string of the molecule is [Al+3].[O-]B([O-])[O-].[O-]B([O-])[O-].[Tb+3]. The van der Waals surface area contributed by atoms with Crippen LogP contribution in [-0.2, 0) is 0 Å². The first kappa shape index (κ1) is 22.6. The van der Waals surface area contributed by atoms with Gasteiger partial charge < -0.3 is 30.1 Å². The van der Waals surface area contributed by atoms with Crippen molar-refractivity contribution < 1.29 is 68.8 Å². The molecule has 0 spiro atoms. The minimum Gasteiger partial charge on any atom is -0.907 e. The fourth-order valence-corrected chi connectivity index (χ4v) is 0. The zero-order chi connectivity index (χ0) is 7.15. The average molecular weight is 304 g/mol. The standard InChI is InChI=1S/Al.2BO3.Tb/c;2*2-1(3)4;/q+3;2*-3;+3. The summed E-state index contributed by atoms with van der Waals surface area (Å²) in [6.45, 7) is 0. The van der Waals surface area contributed by atoms with E-state index in [1.807, 2.05) is 0 Å². The molecule has 0 aliphatic heterocycles. The molecule has 0 aliphatic carbocycles. The van der Waals surface area contributed by atoms with Gasteiger partial charge in [0.05, 0.1) is 0 Å². The molecule has 0 heterocycles. The van der Waals surface area contributed by atoms with E-state index < -0.39 is 14.6 Å². The van der Waals surface area contributed by atoms with Crippen LogP contribution in [0.25, 0.3) is 0 Å². The molecular weight excluding hydrogens is 304 g/mol. The number of rotatable bonds is 0. The van der Waals surface area contributed by atoms with Gasteiger partial charge in [-0.15, -0.1) is 0 Å². The van der Waals surface area contributed by atoms with Crippen LogP contribution in [0.2, 0.25) is 0 Å². The van der Waals surface area contributed by atoms with Crippen molar-refractivity contribution >= 4 is 32.0 Å². The summed E-state index contributed by atoms with van der Waals surface area (Å²) in [4.78, 5) is 0. The molecule has 0 saturated carbocycles. The molecule has 0 amide bonds. The van der Waals surface area contributed by atoms with Crippen LogP contribution in [0.5, 0.6) is 0 Å². The van der Waals surface area contributed by atoms with Crippen LogP contribution in [0.15, 0.2) is 0 Å². The largest absolute Gasteiger partial charge is 3.00 e. The molecule has 0 bridgehead atoms. The van der Waals surface area contributed by atoms with Gasteiger partial charge in [0.15, 0.2) is 0 Å². The van der Waals surface area contributed by atoms with Crippen LogP contribution in [0, 0.1) is 38.6 Å². The minimum absolute atomic E-state index is 0. The molecule has 0 unspecified atom stereocenters. The molecule has 0 rings (SSSR count). The van der Waals surface area contributed by atoms with Gasteiger partial charge >= 0.3 is 56.0 Å². The predicted octanol–water partition coefficient (Wildman–Crippen LogP) is -8.28. The maximum absolute atomic E-state index is 8.42. The molecule has 10 heteroatoms. The molecule has 0 fully saturated rings. The first-order valence-electron chi connectivity index (χ1n) is 1.41. The Kier molecular flexibility index (Phi) is 38.4. The Labute approximate surface area is 99.8 Å². The van der Waals surface area contributed by atoms with Gasteiger partial charge in [-0.2, -0.15) is 0 Å². The van der Waals surface area contributed by atoms with Gasteiger partial charge in [-0.1, -0.05) is 0 Å². The summed E-state index contributed by atoms with van der Waals surface area (Å²) >= 11 is 0. The molecule has 0 aliphatic rings. The van der Waals surface area contributed by atoms with E-state index in [2.05, 4.69) is 0 Å². The zero-order valence-corrected chi connectivity index (χ0v) is 7.81. The summed E-state index contributed by atoms with van der Waals surface area (Å²) in [5.41, 5.74) is 0. The van der Waals surface area contributed by atoms with Crippen LogP contribution < -0.4 is 30.1 Å². The number of hydrogen-bond acceptors (Lipinski definition) is 6. The van der Waals surface area contributed by atoms with Crippen molar-refractivity contribution in [2.45, 2.75) is 0 Å². The zero-order valence-electron chi connectivity index (χ0n) is 4.51. The Balaban J connectivity index is -0.0000000300. The summed E-state index contributed by atoms with van der Waals surface area (Å²) in [6.07, 6.45) is 0. The van der Waals surface area contributed by atoms with Crippen molar-refractivity contribution in [1.82, 2.24) is 0 Å². The van der Waals surface area contributed by atoms with E-state index >= 15 is 0 Å². The third-order valence-electron chi connectivity index (χ3n) is 0. The molecule has 0 aromatic heterocycles. The van der Waals surface area contributed by atoms with E-state index in [9.17, 15) is 0 Å². The molecule has 0 aromatic rings. The quantitative estimate of drug-likeness (QED) is 0.407. The van der Waals surface area contributed by atoms with Gasteiger partial charge in [0.2, 0.25) is 0 Å². The van der Waals surface area contributed by atoms with Crippen LogP contribution in [0.1, 0.15) is 0 Å². The van der Waals surface area contributed by atoms with Crippen LogP contribution in [0.3, 0.4) is 0 Å². The predicted molar refractivity (Wildman–Crippen MR) is 17.3 cm³/mol. The molecule has 0 radical (unpaired) electrons. The van der Waals surface area contributed by atoms with Gasteiger partial charge in [0, 0.05) is 0 Å². The van der Waals surface area contributed by atoms with E-state index in [4.69, 9.17) is 30.1 Å². The minimum atomic E-state index is -2.92. The van der Waals surface area contributed by atoms with E-state index in [1.165, 1.54) is 0 Å². The smallest absolute Gasteiger partial charge is 0.907 e. The van der Waals surface area contributed by atoms with Crippen molar-refractivity contribution in [3.05, 3.63) is 0 Å². The fraction of sp³-hybridized carbons (Fsp3) is 0. The first-order chi connectivity index (χ1) is 3.46. The molecule has 6 nitrogen and oxygen atoms in total. The fourth-order valence-electron chi connectivity index (χ4n) is 0. The second-order valence-electron chi connectivity index (χ2n) is 0.577. The molecule has 0 saturated heterocycles. The van der Waals surface area contributed by atoms with Gasteiger partial charge in [0.25, 0.3) is 0 Å². The Morgan fingerprint density at radius 1 is 0.600 bits per heavy atom. The maximum Gasteiger partial charge on any atom is 3.00 e. The molecule has 0 atom stereocenters. The Morgan fingerprint density at radius 3 is 0.600 bits per heavy atom. The van der Waals surface area contributed by atoms with Crippen LogP contribution in [-0.4, -0.2) is 32.0 Å². The Hall–Kier alpha value is 1.71. The van der Waals surface area contributed by atoms with Gasteiger partial charge in [0.1, 0.15) is 0 Å². The molecular formula is AlB2O6Tb. The summed E-state index contributed by atoms with van der Waals surface area (Å²) < 4.78 is 0. The second-order valence-corrected chi connectivity index (χ2v) is 0.577. The normalized spacial score (nSPS) is 5.40. The van der Waals surface area contributed by atoms with Gasteiger partial charge in [-0.3, -0.25) is 14.6 Å². The maximum atomic E-state index is 8.42. The van der Waals surface area contributed by atoms with Crippen molar-refractivity contribution in [3.63, 3.8) is 0 Å². The van der Waals surface area contributed by atoms with Crippen molar-refractivity contribution in [2.75, 3.05) is 0 Å². The Morgan fingerprint density at radius 2 is 0.600 bits per heavy atom. The first-order valence-corrected chi connectivity index (χ1v) is 1.41. The summed E-state index contributed by atoms with van der Waals surface area (Å²) in [5, 5.41) is 50.5. The van der Waals surface area contributed by atoms with Crippen molar-refractivity contribution in [3.8, 4) is 0 Å². The van der Waals surface area contributed by atoms with E-state index in [-0.39, 0.29) is 56.0 Å². The monoisotopic (exact) mass is 304 g/mol. The topological polar surface area (TPSA) is 138 Å². The van der Waals surface area contributed by atoms with Gasteiger partial charge in [-0.25, -0.2) is 0 Å². The third kappa shape index (κ3) is 252. The average Bonchev–Trinajstić information content (AvgIpc) is 1.25.